The van der Waals surface area contributed by atoms with Gasteiger partial charge >= 0.3 is 0 Å². The number of amides is 1. The Kier molecular flexibility index (Phi) is 4.21. The molecular formula is C17H14N6O. The third-order valence-electron chi connectivity index (χ3n) is 3.24. The van der Waals surface area contributed by atoms with Crippen LogP contribution in [0.15, 0.2) is 55.0 Å². The summed E-state index contributed by atoms with van der Waals surface area (Å²) in [5.74, 6) is -0.335. The molecule has 3 rings (SSSR count). The van der Waals surface area contributed by atoms with Crippen LogP contribution in [0.5, 0.6) is 0 Å². The SMILES string of the molecule is Cn1cc(Nc2cccc(NC(=O)c3ccc(C#N)cn3)c2)cn1. The van der Waals surface area contributed by atoms with Gasteiger partial charge < -0.3 is 10.6 Å². The first-order chi connectivity index (χ1) is 11.6. The number of aromatic nitrogens is 3. The molecule has 1 aromatic carbocycles. The third-order valence-corrected chi connectivity index (χ3v) is 3.24. The van der Waals surface area contributed by atoms with E-state index >= 15 is 0 Å². The standard InChI is InChI=1S/C17H14N6O/c1-23-11-15(10-20-23)21-13-3-2-4-14(7-13)22-17(24)16-6-5-12(8-18)9-19-16/h2-7,9-11,21H,1H3,(H,22,24). The van der Waals surface area contributed by atoms with Crippen LogP contribution < -0.4 is 10.6 Å². The number of pyridine rings is 1. The molecule has 2 aromatic heterocycles. The minimum absolute atomic E-state index is 0.250. The zero-order valence-corrected chi connectivity index (χ0v) is 12.9. The number of nitrogens with one attached hydrogen (secondary N) is 2. The largest absolute Gasteiger partial charge is 0.353 e. The van der Waals surface area contributed by atoms with Crippen LogP contribution in [0.4, 0.5) is 17.1 Å². The lowest BCUT2D eigenvalue weighted by atomic mass is 10.2. The van der Waals surface area contributed by atoms with Crippen LogP contribution in [0.25, 0.3) is 0 Å². The molecule has 7 nitrogen and oxygen atoms in total. The molecule has 0 aliphatic heterocycles. The normalized spacial score (nSPS) is 10.0. The molecule has 1 amide bonds. The number of rotatable bonds is 4. The van der Waals surface area contributed by atoms with Gasteiger partial charge in [0.2, 0.25) is 0 Å². The molecule has 0 spiro atoms. The molecule has 0 aliphatic rings. The lowest BCUT2D eigenvalue weighted by Gasteiger charge is -2.08. The molecule has 0 saturated carbocycles. The van der Waals surface area contributed by atoms with Crippen LogP contribution in [0.2, 0.25) is 0 Å². The first-order valence-corrected chi connectivity index (χ1v) is 7.17. The molecule has 24 heavy (non-hydrogen) atoms. The summed E-state index contributed by atoms with van der Waals surface area (Å²) in [5.41, 5.74) is 2.98. The van der Waals surface area contributed by atoms with Crippen molar-refractivity contribution in [3.05, 3.63) is 66.2 Å². The second-order valence-corrected chi connectivity index (χ2v) is 5.11. The Morgan fingerprint density at radius 1 is 1.17 bits per heavy atom. The summed E-state index contributed by atoms with van der Waals surface area (Å²) in [6, 6.07) is 12.4. The lowest BCUT2D eigenvalue weighted by Crippen LogP contribution is -2.13. The number of aryl methyl sites for hydroxylation is 1. The maximum absolute atomic E-state index is 12.2. The monoisotopic (exact) mass is 318 g/mol. The maximum Gasteiger partial charge on any atom is 0.274 e. The van der Waals surface area contributed by atoms with Gasteiger partial charge in [-0.15, -0.1) is 0 Å². The number of benzene rings is 1. The van der Waals surface area contributed by atoms with Gasteiger partial charge in [-0.25, -0.2) is 4.98 Å². The van der Waals surface area contributed by atoms with Crippen LogP contribution >= 0.6 is 0 Å². The quantitative estimate of drug-likeness (QED) is 0.771. The number of anilines is 3. The summed E-state index contributed by atoms with van der Waals surface area (Å²) < 4.78 is 1.70. The van der Waals surface area contributed by atoms with Gasteiger partial charge in [-0.05, 0) is 30.3 Å². The fraction of sp³-hybridized carbons (Fsp3) is 0.0588. The number of nitriles is 1. The van der Waals surface area contributed by atoms with Crippen LogP contribution in [-0.4, -0.2) is 20.7 Å². The molecule has 2 N–H and O–H groups in total. The van der Waals surface area contributed by atoms with Crippen molar-refractivity contribution in [1.82, 2.24) is 14.8 Å². The zero-order valence-electron chi connectivity index (χ0n) is 12.9. The van der Waals surface area contributed by atoms with Crippen molar-refractivity contribution in [3.63, 3.8) is 0 Å². The van der Waals surface area contributed by atoms with E-state index in [9.17, 15) is 4.79 Å². The minimum atomic E-state index is -0.335. The molecule has 118 valence electrons. The van der Waals surface area contributed by atoms with Crippen LogP contribution in [0.1, 0.15) is 16.1 Å². The summed E-state index contributed by atoms with van der Waals surface area (Å²) in [7, 11) is 1.84. The lowest BCUT2D eigenvalue weighted by molar-refractivity contribution is 0.102. The van der Waals surface area contributed by atoms with Crippen molar-refractivity contribution in [1.29, 1.82) is 5.26 Å². The van der Waals surface area contributed by atoms with Crippen molar-refractivity contribution >= 4 is 23.0 Å². The number of hydrogen-bond donors (Lipinski definition) is 2. The van der Waals surface area contributed by atoms with Crippen LogP contribution in [-0.2, 0) is 7.05 Å². The molecule has 0 atom stereocenters. The first-order valence-electron chi connectivity index (χ1n) is 7.17. The highest BCUT2D eigenvalue weighted by molar-refractivity contribution is 6.03. The first kappa shape index (κ1) is 15.2. The molecule has 3 aromatic rings. The third kappa shape index (κ3) is 3.56. The number of nitrogens with zero attached hydrogens (tertiary/aromatic N) is 4. The van der Waals surface area contributed by atoms with Crippen LogP contribution in [0.3, 0.4) is 0 Å². The van der Waals surface area contributed by atoms with Gasteiger partial charge in [-0.3, -0.25) is 9.48 Å². The highest BCUT2D eigenvalue weighted by Crippen LogP contribution is 2.20. The smallest absolute Gasteiger partial charge is 0.274 e. The van der Waals surface area contributed by atoms with Gasteiger partial charge in [0, 0.05) is 30.8 Å². The van der Waals surface area contributed by atoms with Gasteiger partial charge in [0.15, 0.2) is 0 Å². The number of carbonyl (C=O) groups excluding carboxylic acids is 1. The second-order valence-electron chi connectivity index (χ2n) is 5.11. The Morgan fingerprint density at radius 2 is 2.00 bits per heavy atom. The zero-order chi connectivity index (χ0) is 16.9. The van der Waals surface area contributed by atoms with E-state index in [4.69, 9.17) is 5.26 Å². The Morgan fingerprint density at radius 3 is 2.67 bits per heavy atom. The molecule has 0 saturated heterocycles. The topological polar surface area (TPSA) is 95.6 Å². The molecular weight excluding hydrogens is 304 g/mol. The average Bonchev–Trinajstić information content (AvgIpc) is 3.00. The molecule has 0 fully saturated rings. The van der Waals surface area contributed by atoms with Gasteiger partial charge in [0.25, 0.3) is 5.91 Å². The Hall–Kier alpha value is -3.66. The fourth-order valence-corrected chi connectivity index (χ4v) is 2.12. The molecule has 0 bridgehead atoms. The predicted molar refractivity (Wildman–Crippen MR) is 89.8 cm³/mol. The summed E-state index contributed by atoms with van der Waals surface area (Å²) in [6.45, 7) is 0. The maximum atomic E-state index is 12.2. The average molecular weight is 318 g/mol. The van der Waals surface area contributed by atoms with E-state index in [1.165, 1.54) is 12.3 Å². The molecule has 2 heterocycles. The summed E-state index contributed by atoms with van der Waals surface area (Å²) >= 11 is 0. The predicted octanol–water partition coefficient (Wildman–Crippen LogP) is 2.68. The second kappa shape index (κ2) is 6.62. The van der Waals surface area contributed by atoms with E-state index in [2.05, 4.69) is 20.7 Å². The fourth-order valence-electron chi connectivity index (χ4n) is 2.12. The van der Waals surface area contributed by atoms with Crippen molar-refractivity contribution in [2.75, 3.05) is 10.6 Å². The van der Waals surface area contributed by atoms with Crippen molar-refractivity contribution in [3.8, 4) is 6.07 Å². The van der Waals surface area contributed by atoms with Gasteiger partial charge in [0.05, 0.1) is 17.4 Å². The van der Waals surface area contributed by atoms with E-state index in [1.54, 1.807) is 23.0 Å². The highest BCUT2D eigenvalue weighted by atomic mass is 16.1. The van der Waals surface area contributed by atoms with Gasteiger partial charge in [-0.1, -0.05) is 6.07 Å². The number of hydrogen-bond acceptors (Lipinski definition) is 5. The Balaban J connectivity index is 1.71. The molecule has 0 unspecified atom stereocenters. The van der Waals surface area contributed by atoms with Gasteiger partial charge in [0.1, 0.15) is 11.8 Å². The summed E-state index contributed by atoms with van der Waals surface area (Å²) in [6.07, 6.45) is 4.94. The van der Waals surface area contributed by atoms with E-state index in [0.29, 0.717) is 11.3 Å². The molecule has 0 radical (unpaired) electrons. The highest BCUT2D eigenvalue weighted by Gasteiger charge is 2.08. The minimum Gasteiger partial charge on any atom is -0.353 e. The summed E-state index contributed by atoms with van der Waals surface area (Å²) in [5, 5.41) is 18.8. The Labute approximate surface area is 138 Å². The summed E-state index contributed by atoms with van der Waals surface area (Å²) in [4.78, 5) is 16.2. The molecule has 0 aliphatic carbocycles. The Bertz CT molecular complexity index is 907. The molecule has 7 heteroatoms. The van der Waals surface area contributed by atoms with Crippen LogP contribution in [0, 0.1) is 11.3 Å². The van der Waals surface area contributed by atoms with E-state index < -0.39 is 0 Å². The number of carbonyl (C=O) groups is 1. The van der Waals surface area contributed by atoms with Crippen molar-refractivity contribution < 1.29 is 4.79 Å². The van der Waals surface area contributed by atoms with E-state index in [-0.39, 0.29) is 11.6 Å². The van der Waals surface area contributed by atoms with Crippen molar-refractivity contribution in [2.24, 2.45) is 7.05 Å². The van der Waals surface area contributed by atoms with Gasteiger partial charge in [-0.2, -0.15) is 10.4 Å². The van der Waals surface area contributed by atoms with Crippen molar-refractivity contribution in [2.45, 2.75) is 0 Å². The van der Waals surface area contributed by atoms with E-state index in [0.717, 1.165) is 11.4 Å². The van der Waals surface area contributed by atoms with E-state index in [1.807, 2.05) is 37.5 Å².